The van der Waals surface area contributed by atoms with E-state index >= 15 is 0 Å². The lowest BCUT2D eigenvalue weighted by atomic mass is 10.00. The van der Waals surface area contributed by atoms with Gasteiger partial charge >= 0.3 is 0 Å². The predicted octanol–water partition coefficient (Wildman–Crippen LogP) is 2.81. The minimum absolute atomic E-state index is 0.525. The van der Waals surface area contributed by atoms with Crippen LogP contribution in [0.4, 0.5) is 0 Å². The molecule has 0 saturated carbocycles. The van der Waals surface area contributed by atoms with Crippen molar-refractivity contribution in [1.82, 2.24) is 0 Å². The summed E-state index contributed by atoms with van der Waals surface area (Å²) in [6, 6.07) is 8.36. The number of aryl methyl sites for hydroxylation is 1. The van der Waals surface area contributed by atoms with Gasteiger partial charge in [-0.1, -0.05) is 36.8 Å². The van der Waals surface area contributed by atoms with Crippen LogP contribution in [0.3, 0.4) is 0 Å². The highest BCUT2D eigenvalue weighted by atomic mass is 16.7. The Hall–Kier alpha value is -0.860. The lowest BCUT2D eigenvalue weighted by molar-refractivity contribution is -0.165. The summed E-state index contributed by atoms with van der Waals surface area (Å²) >= 11 is 0. The van der Waals surface area contributed by atoms with Crippen molar-refractivity contribution in [2.75, 3.05) is 13.2 Å². The van der Waals surface area contributed by atoms with Crippen molar-refractivity contribution >= 4 is 0 Å². The molecule has 1 heterocycles. The summed E-state index contributed by atoms with van der Waals surface area (Å²) in [6.45, 7) is 5.48. The van der Waals surface area contributed by atoms with Crippen LogP contribution in [0, 0.1) is 13.3 Å². The van der Waals surface area contributed by atoms with Crippen molar-refractivity contribution in [2.45, 2.75) is 26.1 Å². The summed E-state index contributed by atoms with van der Waals surface area (Å²) in [5.41, 5.74) is 2.37. The van der Waals surface area contributed by atoms with Crippen molar-refractivity contribution in [1.29, 1.82) is 0 Å². The van der Waals surface area contributed by atoms with Gasteiger partial charge < -0.3 is 9.47 Å². The summed E-state index contributed by atoms with van der Waals surface area (Å²) < 4.78 is 11.5. The second-order valence-corrected chi connectivity index (χ2v) is 3.93. The zero-order chi connectivity index (χ0) is 10.7. The molecule has 0 aromatic heterocycles. The molecule has 1 aromatic rings. The van der Waals surface area contributed by atoms with Crippen LogP contribution in [0.2, 0.25) is 0 Å². The van der Waals surface area contributed by atoms with Gasteiger partial charge in [-0.25, -0.2) is 0 Å². The first-order chi connectivity index (χ1) is 7.27. The molecule has 0 aliphatic carbocycles. The molecular formula is C13H17O2. The first-order valence-electron chi connectivity index (χ1n) is 5.40. The Morgan fingerprint density at radius 1 is 1.20 bits per heavy atom. The monoisotopic (exact) mass is 205 g/mol. The summed E-state index contributed by atoms with van der Waals surface area (Å²) in [6.07, 6.45) is 2.89. The van der Waals surface area contributed by atoms with Gasteiger partial charge in [-0.3, -0.25) is 0 Å². The van der Waals surface area contributed by atoms with Crippen LogP contribution >= 0.6 is 0 Å². The molecule has 0 unspecified atom stereocenters. The number of hydrogen-bond donors (Lipinski definition) is 0. The Kier molecular flexibility index (Phi) is 3.08. The highest BCUT2D eigenvalue weighted by Crippen LogP contribution is 2.35. The van der Waals surface area contributed by atoms with Crippen LogP contribution in [0.1, 0.15) is 24.5 Å². The molecule has 81 valence electrons. The molecule has 1 radical (unpaired) electrons. The van der Waals surface area contributed by atoms with Crippen molar-refractivity contribution in [3.63, 3.8) is 0 Å². The first-order valence-corrected chi connectivity index (χ1v) is 5.40. The fraction of sp³-hybridized carbons (Fsp3) is 0.462. The Bertz CT molecular complexity index is 310. The molecule has 1 fully saturated rings. The first kappa shape index (κ1) is 10.7. The molecular weight excluding hydrogens is 188 g/mol. The van der Waals surface area contributed by atoms with Gasteiger partial charge in [0.15, 0.2) is 5.79 Å². The average molecular weight is 205 g/mol. The van der Waals surface area contributed by atoms with Crippen LogP contribution in [0.15, 0.2) is 24.3 Å². The van der Waals surface area contributed by atoms with E-state index in [1.165, 1.54) is 5.56 Å². The van der Waals surface area contributed by atoms with E-state index in [9.17, 15) is 0 Å². The molecule has 2 heteroatoms. The maximum absolute atomic E-state index is 5.75. The summed E-state index contributed by atoms with van der Waals surface area (Å²) in [5, 5.41) is 0. The lowest BCUT2D eigenvalue weighted by Gasteiger charge is -2.27. The van der Waals surface area contributed by atoms with Gasteiger partial charge in [0.2, 0.25) is 0 Å². The largest absolute Gasteiger partial charge is 0.343 e. The molecule has 0 N–H and O–H groups in total. The predicted molar refractivity (Wildman–Crippen MR) is 59.4 cm³/mol. The van der Waals surface area contributed by atoms with Crippen molar-refractivity contribution in [2.24, 2.45) is 0 Å². The van der Waals surface area contributed by atoms with Gasteiger partial charge in [0.1, 0.15) is 0 Å². The van der Waals surface area contributed by atoms with Crippen molar-refractivity contribution < 1.29 is 9.47 Å². The third-order valence-electron chi connectivity index (χ3n) is 2.72. The number of ether oxygens (including phenoxy) is 2. The van der Waals surface area contributed by atoms with Gasteiger partial charge in [0.05, 0.1) is 13.2 Å². The smallest absolute Gasteiger partial charge is 0.195 e. The molecule has 1 saturated heterocycles. The molecule has 2 rings (SSSR count). The molecule has 0 amide bonds. The molecule has 1 aliphatic heterocycles. The van der Waals surface area contributed by atoms with E-state index in [1.54, 1.807) is 0 Å². The third kappa shape index (κ3) is 2.06. The summed E-state index contributed by atoms with van der Waals surface area (Å²) in [7, 11) is 0. The van der Waals surface area contributed by atoms with Gasteiger partial charge in [-0.2, -0.15) is 0 Å². The zero-order valence-corrected chi connectivity index (χ0v) is 9.32. The Labute approximate surface area is 91.2 Å². The van der Waals surface area contributed by atoms with Crippen LogP contribution < -0.4 is 0 Å². The van der Waals surface area contributed by atoms with Gasteiger partial charge in [-0.15, -0.1) is 0 Å². The highest BCUT2D eigenvalue weighted by molar-refractivity contribution is 5.26. The maximum Gasteiger partial charge on any atom is 0.195 e. The number of hydrogen-bond acceptors (Lipinski definition) is 2. The standard InChI is InChI=1S/C13H17O2/c1-3-8-13(14-9-10-15-13)12-6-4-11(2)5-7-12/h3-7H,8-10H2,1-2H3. The molecule has 0 bridgehead atoms. The zero-order valence-electron chi connectivity index (χ0n) is 9.32. The molecule has 1 aliphatic rings. The Morgan fingerprint density at radius 2 is 1.80 bits per heavy atom. The normalized spacial score (nSPS) is 19.3. The topological polar surface area (TPSA) is 18.5 Å². The second-order valence-electron chi connectivity index (χ2n) is 3.93. The minimum Gasteiger partial charge on any atom is -0.343 e. The lowest BCUT2D eigenvalue weighted by Crippen LogP contribution is -2.26. The molecule has 15 heavy (non-hydrogen) atoms. The van der Waals surface area contributed by atoms with E-state index in [1.807, 2.05) is 6.92 Å². The highest BCUT2D eigenvalue weighted by Gasteiger charge is 2.37. The average Bonchev–Trinajstić information content (AvgIpc) is 2.69. The number of benzene rings is 1. The van der Waals surface area contributed by atoms with Gasteiger partial charge in [-0.05, 0) is 13.3 Å². The molecule has 1 aromatic carbocycles. The van der Waals surface area contributed by atoms with E-state index in [4.69, 9.17) is 9.47 Å². The van der Waals surface area contributed by atoms with Crippen LogP contribution in [-0.4, -0.2) is 13.2 Å². The van der Waals surface area contributed by atoms with Gasteiger partial charge in [0.25, 0.3) is 0 Å². The Balaban J connectivity index is 2.28. The van der Waals surface area contributed by atoms with Crippen molar-refractivity contribution in [3.8, 4) is 0 Å². The molecule has 0 atom stereocenters. The van der Waals surface area contributed by atoms with E-state index < -0.39 is 5.79 Å². The molecule has 2 nitrogen and oxygen atoms in total. The minimum atomic E-state index is -0.525. The van der Waals surface area contributed by atoms with E-state index in [2.05, 4.69) is 37.6 Å². The van der Waals surface area contributed by atoms with Crippen molar-refractivity contribution in [3.05, 3.63) is 41.8 Å². The fourth-order valence-electron chi connectivity index (χ4n) is 1.93. The molecule has 0 spiro atoms. The second kappa shape index (κ2) is 4.33. The number of rotatable bonds is 3. The third-order valence-corrected chi connectivity index (χ3v) is 2.72. The summed E-state index contributed by atoms with van der Waals surface area (Å²) in [4.78, 5) is 0. The summed E-state index contributed by atoms with van der Waals surface area (Å²) in [5.74, 6) is -0.525. The Morgan fingerprint density at radius 3 is 2.33 bits per heavy atom. The SMILES string of the molecule is C[CH]CC1(c2ccc(C)cc2)OCCO1. The van der Waals surface area contributed by atoms with E-state index in [-0.39, 0.29) is 0 Å². The van der Waals surface area contributed by atoms with Crippen LogP contribution in [0.25, 0.3) is 0 Å². The van der Waals surface area contributed by atoms with E-state index in [0.29, 0.717) is 13.2 Å². The van der Waals surface area contributed by atoms with E-state index in [0.717, 1.165) is 12.0 Å². The fourth-order valence-corrected chi connectivity index (χ4v) is 1.93. The van der Waals surface area contributed by atoms with Gasteiger partial charge in [0, 0.05) is 12.0 Å². The quantitative estimate of drug-likeness (QED) is 0.755. The van der Waals surface area contributed by atoms with Crippen LogP contribution in [0.5, 0.6) is 0 Å². The van der Waals surface area contributed by atoms with Crippen LogP contribution in [-0.2, 0) is 15.3 Å². The maximum atomic E-state index is 5.75.